The second kappa shape index (κ2) is 7.61. The molecule has 0 bridgehead atoms. The van der Waals surface area contributed by atoms with Gasteiger partial charge in [0.05, 0.1) is 0 Å². The van der Waals surface area contributed by atoms with Crippen molar-refractivity contribution in [3.05, 3.63) is 80.6 Å². The minimum atomic E-state index is -0.368. The van der Waals surface area contributed by atoms with Crippen molar-refractivity contribution in [2.24, 2.45) is 0 Å². The lowest BCUT2D eigenvalue weighted by molar-refractivity contribution is 0.706. The molecule has 8 heteroatoms. The van der Waals surface area contributed by atoms with Crippen LogP contribution in [0.4, 0.5) is 17.5 Å². The van der Waals surface area contributed by atoms with E-state index in [-0.39, 0.29) is 21.9 Å². The molecule has 1 aromatic heterocycles. The first kappa shape index (κ1) is 18.5. The monoisotopic (exact) mass is 411 g/mol. The molecule has 1 aliphatic heterocycles. The number of halogens is 1. The van der Waals surface area contributed by atoms with E-state index in [0.717, 1.165) is 13.0 Å². The second-order valence-electron chi connectivity index (χ2n) is 6.55. The summed E-state index contributed by atoms with van der Waals surface area (Å²) in [5.41, 5.74) is 9.14. The highest BCUT2D eigenvalue weighted by Gasteiger charge is 2.21. The van der Waals surface area contributed by atoms with Crippen molar-refractivity contribution in [3.8, 4) is 0 Å². The van der Waals surface area contributed by atoms with E-state index < -0.39 is 0 Å². The van der Waals surface area contributed by atoms with Gasteiger partial charge in [0.2, 0.25) is 5.95 Å². The van der Waals surface area contributed by atoms with Crippen LogP contribution in [0.3, 0.4) is 0 Å². The standard InChI is InChI=1S/C20H18ClN5OS/c21-14-5-7-15(8-6-14)23-19(28)16-17(22)24-20(25-18(16)27)26-10-9-12-3-1-2-4-13(12)11-26/h1-8H,9-11H2,(H,23,28)(H3,22,24,25,27). The number of nitrogen functional groups attached to an aromatic ring is 1. The van der Waals surface area contributed by atoms with Gasteiger partial charge in [-0.05, 0) is 41.8 Å². The van der Waals surface area contributed by atoms with Crippen LogP contribution >= 0.6 is 23.8 Å². The lowest BCUT2D eigenvalue weighted by Crippen LogP contribution is -2.35. The molecular formula is C20H18ClN5OS. The van der Waals surface area contributed by atoms with Crippen molar-refractivity contribution >= 4 is 46.3 Å². The Kier molecular flexibility index (Phi) is 5.02. The maximum atomic E-state index is 12.7. The number of anilines is 3. The normalized spacial score (nSPS) is 13.1. The van der Waals surface area contributed by atoms with Crippen molar-refractivity contribution in [3.63, 3.8) is 0 Å². The summed E-state index contributed by atoms with van der Waals surface area (Å²) in [4.78, 5) is 22.1. The van der Waals surface area contributed by atoms with Gasteiger partial charge >= 0.3 is 0 Å². The van der Waals surface area contributed by atoms with Gasteiger partial charge in [0.15, 0.2) is 0 Å². The predicted molar refractivity (Wildman–Crippen MR) is 117 cm³/mol. The van der Waals surface area contributed by atoms with E-state index in [2.05, 4.69) is 27.4 Å². The minimum absolute atomic E-state index is 0.101. The topological polar surface area (TPSA) is 87.0 Å². The second-order valence-corrected chi connectivity index (χ2v) is 7.40. The fourth-order valence-corrected chi connectivity index (χ4v) is 3.69. The molecule has 0 amide bonds. The summed E-state index contributed by atoms with van der Waals surface area (Å²) in [6.45, 7) is 1.43. The van der Waals surface area contributed by atoms with E-state index in [1.165, 1.54) is 11.1 Å². The molecule has 2 heterocycles. The lowest BCUT2D eigenvalue weighted by atomic mass is 10.0. The largest absolute Gasteiger partial charge is 0.383 e. The molecule has 4 rings (SSSR count). The zero-order valence-corrected chi connectivity index (χ0v) is 16.5. The molecule has 4 N–H and O–H groups in total. The summed E-state index contributed by atoms with van der Waals surface area (Å²) < 4.78 is 0. The number of benzene rings is 2. The third kappa shape index (κ3) is 3.72. The fourth-order valence-electron chi connectivity index (χ4n) is 3.25. The number of aromatic nitrogens is 2. The van der Waals surface area contributed by atoms with Gasteiger partial charge in [-0.15, -0.1) is 0 Å². The van der Waals surface area contributed by atoms with Crippen molar-refractivity contribution < 1.29 is 0 Å². The number of nitrogens with one attached hydrogen (secondary N) is 2. The average molecular weight is 412 g/mol. The molecule has 0 radical (unpaired) electrons. The molecule has 1 aliphatic rings. The first-order chi connectivity index (χ1) is 13.5. The van der Waals surface area contributed by atoms with E-state index in [9.17, 15) is 4.79 Å². The van der Waals surface area contributed by atoms with Crippen LogP contribution in [0.5, 0.6) is 0 Å². The SMILES string of the molecule is Nc1nc(N2CCc3ccccc3C2)[nH]c(=O)c1C(=S)Nc1ccc(Cl)cc1. The number of thiocarbonyl (C=S) groups is 1. The Hall–Kier alpha value is -2.90. The van der Waals surface area contributed by atoms with Gasteiger partial charge in [0, 0.05) is 23.8 Å². The summed E-state index contributed by atoms with van der Waals surface area (Å²) in [7, 11) is 0. The Labute approximate surface area is 172 Å². The molecule has 0 spiro atoms. The smallest absolute Gasteiger partial charge is 0.264 e. The van der Waals surface area contributed by atoms with Gasteiger partial charge in [-0.2, -0.15) is 4.98 Å². The highest BCUT2D eigenvalue weighted by Crippen LogP contribution is 2.22. The molecule has 0 aliphatic carbocycles. The van der Waals surface area contributed by atoms with Crippen LogP contribution in [0.2, 0.25) is 5.02 Å². The molecule has 0 fully saturated rings. The summed E-state index contributed by atoms with van der Waals surface area (Å²) >= 11 is 11.3. The summed E-state index contributed by atoms with van der Waals surface area (Å²) in [6.07, 6.45) is 0.887. The molecule has 28 heavy (non-hydrogen) atoms. The molecule has 6 nitrogen and oxygen atoms in total. The zero-order valence-electron chi connectivity index (χ0n) is 14.9. The van der Waals surface area contributed by atoms with Crippen LogP contribution in [-0.4, -0.2) is 21.5 Å². The number of hydrogen-bond donors (Lipinski definition) is 3. The van der Waals surface area contributed by atoms with E-state index >= 15 is 0 Å². The minimum Gasteiger partial charge on any atom is -0.383 e. The molecule has 2 aromatic carbocycles. The molecule has 3 aromatic rings. The summed E-state index contributed by atoms with van der Waals surface area (Å²) in [5, 5.41) is 3.61. The molecule has 0 saturated heterocycles. The van der Waals surface area contributed by atoms with Crippen molar-refractivity contribution in [2.45, 2.75) is 13.0 Å². The lowest BCUT2D eigenvalue weighted by Gasteiger charge is -2.29. The van der Waals surface area contributed by atoms with Crippen LogP contribution in [-0.2, 0) is 13.0 Å². The van der Waals surface area contributed by atoms with Crippen LogP contribution in [0.1, 0.15) is 16.7 Å². The Balaban J connectivity index is 1.58. The number of rotatable bonds is 3. The number of H-pyrrole nitrogens is 1. The van der Waals surface area contributed by atoms with Gasteiger partial charge in [-0.25, -0.2) is 0 Å². The van der Waals surface area contributed by atoms with Crippen molar-refractivity contribution in [2.75, 3.05) is 22.5 Å². The van der Waals surface area contributed by atoms with Crippen LogP contribution < -0.4 is 21.5 Å². The average Bonchev–Trinajstić information content (AvgIpc) is 2.69. The Morgan fingerprint density at radius 2 is 1.89 bits per heavy atom. The molecule has 142 valence electrons. The number of nitrogens with two attached hydrogens (primary N) is 1. The van der Waals surface area contributed by atoms with Crippen molar-refractivity contribution in [1.29, 1.82) is 0 Å². The first-order valence-corrected chi connectivity index (χ1v) is 9.58. The maximum absolute atomic E-state index is 12.7. The number of hydrogen-bond acceptors (Lipinski definition) is 5. The zero-order chi connectivity index (χ0) is 19.7. The molecule has 0 unspecified atom stereocenters. The highest BCUT2D eigenvalue weighted by molar-refractivity contribution is 7.81. The maximum Gasteiger partial charge on any atom is 0.264 e. The third-order valence-corrected chi connectivity index (χ3v) is 5.25. The molecule has 0 atom stereocenters. The van der Waals surface area contributed by atoms with E-state index in [1.807, 2.05) is 17.0 Å². The van der Waals surface area contributed by atoms with E-state index in [1.54, 1.807) is 24.3 Å². The fraction of sp³-hybridized carbons (Fsp3) is 0.150. The molecule has 0 saturated carbocycles. The Morgan fingerprint density at radius 3 is 2.61 bits per heavy atom. The van der Waals surface area contributed by atoms with Crippen molar-refractivity contribution in [1.82, 2.24) is 9.97 Å². The number of aromatic amines is 1. The van der Waals surface area contributed by atoms with Crippen LogP contribution in [0.15, 0.2) is 53.3 Å². The van der Waals surface area contributed by atoms with Crippen LogP contribution in [0.25, 0.3) is 0 Å². The summed E-state index contributed by atoms with van der Waals surface area (Å²) in [6, 6.07) is 15.3. The highest BCUT2D eigenvalue weighted by atomic mass is 35.5. The van der Waals surface area contributed by atoms with Gasteiger partial charge in [-0.3, -0.25) is 9.78 Å². The first-order valence-electron chi connectivity index (χ1n) is 8.80. The van der Waals surface area contributed by atoms with Gasteiger partial charge < -0.3 is 16.0 Å². The Bertz CT molecular complexity index is 1100. The third-order valence-electron chi connectivity index (χ3n) is 4.69. The molecular weight excluding hydrogens is 394 g/mol. The van der Waals surface area contributed by atoms with Gasteiger partial charge in [0.1, 0.15) is 16.4 Å². The quantitative estimate of drug-likeness (QED) is 0.573. The van der Waals surface area contributed by atoms with E-state index in [0.29, 0.717) is 23.2 Å². The van der Waals surface area contributed by atoms with Crippen LogP contribution in [0, 0.1) is 0 Å². The Morgan fingerprint density at radius 1 is 1.18 bits per heavy atom. The number of fused-ring (bicyclic) bond motifs is 1. The van der Waals surface area contributed by atoms with E-state index in [4.69, 9.17) is 29.6 Å². The van der Waals surface area contributed by atoms with Gasteiger partial charge in [-0.1, -0.05) is 48.1 Å². The number of nitrogens with zero attached hydrogens (tertiary/aromatic N) is 2. The predicted octanol–water partition coefficient (Wildman–Crippen LogP) is 3.36. The summed E-state index contributed by atoms with van der Waals surface area (Å²) in [5.74, 6) is 0.555. The van der Waals surface area contributed by atoms with Gasteiger partial charge in [0.25, 0.3) is 5.56 Å².